The number of ether oxygens (including phenoxy) is 1. The average molecular weight is 477 g/mol. The van der Waals surface area contributed by atoms with Crippen molar-refractivity contribution >= 4 is 35.0 Å². The molecule has 2 aromatic rings. The van der Waals surface area contributed by atoms with Crippen molar-refractivity contribution in [3.63, 3.8) is 0 Å². The molecule has 182 valence electrons. The smallest absolute Gasteiger partial charge is 0.326 e. The summed E-state index contributed by atoms with van der Waals surface area (Å²) in [4.78, 5) is 44.3. The molecule has 0 atom stereocenters. The molecular formula is C24H36N4O4S. The number of fused-ring (bicyclic) bond motifs is 1. The van der Waals surface area contributed by atoms with E-state index < -0.39 is 11.6 Å². The largest absolute Gasteiger partial charge is 0.459 e. The number of para-hydroxylation sites is 1. The van der Waals surface area contributed by atoms with Gasteiger partial charge in [-0.3, -0.25) is 19.0 Å². The van der Waals surface area contributed by atoms with E-state index in [0.29, 0.717) is 42.6 Å². The van der Waals surface area contributed by atoms with Crippen molar-refractivity contribution in [1.82, 2.24) is 19.4 Å². The Labute approximate surface area is 200 Å². The normalized spacial score (nSPS) is 11.7. The van der Waals surface area contributed by atoms with E-state index in [-0.39, 0.29) is 18.0 Å². The van der Waals surface area contributed by atoms with Crippen LogP contribution < -0.4 is 5.56 Å². The third-order valence-corrected chi connectivity index (χ3v) is 5.39. The molecule has 0 aliphatic carbocycles. The number of rotatable bonds is 11. The minimum atomic E-state index is -0.588. The topological polar surface area (TPSA) is 87.6 Å². The van der Waals surface area contributed by atoms with Crippen LogP contribution in [0.5, 0.6) is 0 Å². The van der Waals surface area contributed by atoms with Crippen LogP contribution in [0.1, 0.15) is 46.5 Å². The molecule has 0 unspecified atom stereocenters. The van der Waals surface area contributed by atoms with Crippen LogP contribution in [-0.4, -0.2) is 70.6 Å². The van der Waals surface area contributed by atoms with Gasteiger partial charge in [0.05, 0.1) is 10.9 Å². The molecule has 0 saturated heterocycles. The highest BCUT2D eigenvalue weighted by Crippen LogP contribution is 2.10. The molecule has 0 saturated carbocycles. The van der Waals surface area contributed by atoms with Gasteiger partial charge >= 0.3 is 5.97 Å². The lowest BCUT2D eigenvalue weighted by atomic mass is 10.1. The molecule has 0 bridgehead atoms. The third-order valence-electron chi connectivity index (χ3n) is 5.07. The fourth-order valence-electron chi connectivity index (χ4n) is 3.43. The molecule has 1 N–H and O–H groups in total. The fourth-order valence-corrected chi connectivity index (χ4v) is 3.71. The maximum atomic E-state index is 12.8. The number of hydrogen-bond acceptors (Lipinski definition) is 6. The Kier molecular flexibility index (Phi) is 9.79. The molecule has 2 rings (SSSR count). The third kappa shape index (κ3) is 8.74. The van der Waals surface area contributed by atoms with Gasteiger partial charge in [-0.15, -0.1) is 0 Å². The van der Waals surface area contributed by atoms with Crippen LogP contribution in [0.15, 0.2) is 29.1 Å². The molecule has 1 heterocycles. The van der Waals surface area contributed by atoms with Crippen molar-refractivity contribution in [3.8, 4) is 0 Å². The van der Waals surface area contributed by atoms with Gasteiger partial charge in [-0.25, -0.2) is 0 Å². The molecule has 8 nitrogen and oxygen atoms in total. The average Bonchev–Trinajstić information content (AvgIpc) is 2.71. The lowest BCUT2D eigenvalue weighted by Gasteiger charge is -2.26. The van der Waals surface area contributed by atoms with Crippen molar-refractivity contribution in [2.45, 2.75) is 58.6 Å². The number of amides is 1. The van der Waals surface area contributed by atoms with Crippen LogP contribution in [-0.2, 0) is 20.9 Å². The first-order chi connectivity index (χ1) is 15.5. The van der Waals surface area contributed by atoms with Crippen LogP contribution >= 0.6 is 12.2 Å². The maximum absolute atomic E-state index is 12.8. The maximum Gasteiger partial charge on any atom is 0.326 e. The zero-order valence-electron chi connectivity index (χ0n) is 20.3. The Morgan fingerprint density at radius 2 is 1.79 bits per heavy atom. The summed E-state index contributed by atoms with van der Waals surface area (Å²) in [5.74, 6) is -0.470. The molecule has 0 spiro atoms. The number of carbonyl (C=O) groups is 2. The van der Waals surface area contributed by atoms with Gasteiger partial charge in [0.25, 0.3) is 5.56 Å². The Hall–Kier alpha value is -2.52. The van der Waals surface area contributed by atoms with Crippen molar-refractivity contribution in [1.29, 1.82) is 0 Å². The summed E-state index contributed by atoms with van der Waals surface area (Å²) >= 11 is 5.35. The Morgan fingerprint density at radius 1 is 1.09 bits per heavy atom. The number of unbranched alkanes of at least 4 members (excludes halogenated alkanes) is 2. The zero-order valence-corrected chi connectivity index (χ0v) is 21.2. The lowest BCUT2D eigenvalue weighted by Crippen LogP contribution is -2.41. The highest BCUT2D eigenvalue weighted by atomic mass is 32.1. The number of esters is 1. The summed E-state index contributed by atoms with van der Waals surface area (Å²) in [7, 11) is 3.85. The monoisotopic (exact) mass is 476 g/mol. The second-order valence-corrected chi connectivity index (χ2v) is 9.83. The van der Waals surface area contributed by atoms with E-state index in [1.54, 1.807) is 15.5 Å². The molecule has 0 aliphatic rings. The van der Waals surface area contributed by atoms with Gasteiger partial charge in [-0.1, -0.05) is 18.6 Å². The molecule has 33 heavy (non-hydrogen) atoms. The number of aromatic amines is 1. The summed E-state index contributed by atoms with van der Waals surface area (Å²) in [6.07, 6.45) is 2.51. The second kappa shape index (κ2) is 12.1. The van der Waals surface area contributed by atoms with E-state index in [2.05, 4.69) is 4.98 Å². The number of carbonyl (C=O) groups excluding carboxylic acids is 2. The number of nitrogens with zero attached hydrogens (tertiary/aromatic N) is 3. The summed E-state index contributed by atoms with van der Waals surface area (Å²) in [6, 6.07) is 7.31. The molecule has 1 aromatic heterocycles. The standard InChI is InChI=1S/C24H36N4O4S/c1-24(2,3)32-21(30)17-27(16-15-26(4)5)20(29)13-7-6-10-14-28-22(31)18-11-8-9-12-19(18)25-23(28)33/h8-9,11-12H,6-7,10,13-17H2,1-5H3,(H,25,33). The number of benzene rings is 1. The predicted molar refractivity (Wildman–Crippen MR) is 133 cm³/mol. The summed E-state index contributed by atoms with van der Waals surface area (Å²) < 4.78 is 7.36. The number of aromatic nitrogens is 2. The van der Waals surface area contributed by atoms with Crippen molar-refractivity contribution < 1.29 is 14.3 Å². The zero-order chi connectivity index (χ0) is 24.6. The molecule has 1 aromatic carbocycles. The highest BCUT2D eigenvalue weighted by Gasteiger charge is 2.22. The van der Waals surface area contributed by atoms with Gasteiger partial charge in [0.15, 0.2) is 4.77 Å². The van der Waals surface area contributed by atoms with E-state index >= 15 is 0 Å². The molecule has 9 heteroatoms. The lowest BCUT2D eigenvalue weighted by molar-refractivity contribution is -0.159. The van der Waals surface area contributed by atoms with Crippen LogP contribution in [0.4, 0.5) is 0 Å². The van der Waals surface area contributed by atoms with Crippen LogP contribution in [0.3, 0.4) is 0 Å². The molecule has 1 amide bonds. The Balaban J connectivity index is 1.88. The molecular weight excluding hydrogens is 440 g/mol. The highest BCUT2D eigenvalue weighted by molar-refractivity contribution is 7.71. The molecule has 0 fully saturated rings. The first-order valence-corrected chi connectivity index (χ1v) is 11.7. The van der Waals surface area contributed by atoms with Gasteiger partial charge in [-0.05, 0) is 72.1 Å². The summed E-state index contributed by atoms with van der Waals surface area (Å²) in [6.45, 7) is 7.00. The Morgan fingerprint density at radius 3 is 2.45 bits per heavy atom. The van der Waals surface area contributed by atoms with E-state index in [1.807, 2.05) is 58.0 Å². The van der Waals surface area contributed by atoms with Crippen molar-refractivity contribution in [2.24, 2.45) is 0 Å². The quantitative estimate of drug-likeness (QED) is 0.304. The van der Waals surface area contributed by atoms with E-state index in [4.69, 9.17) is 17.0 Å². The minimum absolute atomic E-state index is 0.0500. The summed E-state index contributed by atoms with van der Waals surface area (Å²) in [5.41, 5.74) is 0.0460. The van der Waals surface area contributed by atoms with Crippen molar-refractivity contribution in [3.05, 3.63) is 39.4 Å². The first kappa shape index (κ1) is 26.7. The number of H-pyrrole nitrogens is 1. The first-order valence-electron chi connectivity index (χ1n) is 11.3. The van der Waals surface area contributed by atoms with E-state index in [1.165, 1.54) is 0 Å². The van der Waals surface area contributed by atoms with Gasteiger partial charge in [0.1, 0.15) is 12.1 Å². The molecule has 0 aliphatic heterocycles. The van der Waals surface area contributed by atoms with Gasteiger partial charge in [-0.2, -0.15) is 0 Å². The van der Waals surface area contributed by atoms with Crippen LogP contribution in [0.2, 0.25) is 0 Å². The SMILES string of the molecule is CN(C)CCN(CC(=O)OC(C)(C)C)C(=O)CCCCCn1c(=S)[nH]c2ccccc2c1=O. The van der Waals surface area contributed by atoms with Gasteiger partial charge in [0.2, 0.25) is 5.91 Å². The molecule has 0 radical (unpaired) electrons. The van der Waals surface area contributed by atoms with Crippen molar-refractivity contribution in [2.75, 3.05) is 33.7 Å². The van der Waals surface area contributed by atoms with Crippen LogP contribution in [0, 0.1) is 4.77 Å². The van der Waals surface area contributed by atoms with Gasteiger partial charge < -0.3 is 19.5 Å². The fraction of sp³-hybridized carbons (Fsp3) is 0.583. The minimum Gasteiger partial charge on any atom is -0.459 e. The number of hydrogen-bond donors (Lipinski definition) is 1. The van der Waals surface area contributed by atoms with E-state index in [9.17, 15) is 14.4 Å². The van der Waals surface area contributed by atoms with Crippen LogP contribution in [0.25, 0.3) is 10.9 Å². The van der Waals surface area contributed by atoms with Gasteiger partial charge in [0, 0.05) is 26.1 Å². The number of nitrogens with one attached hydrogen (secondary N) is 1. The predicted octanol–water partition coefficient (Wildman–Crippen LogP) is 3.35. The van der Waals surface area contributed by atoms with E-state index in [0.717, 1.165) is 18.4 Å². The summed E-state index contributed by atoms with van der Waals surface area (Å²) in [5, 5.41) is 0.611. The Bertz CT molecular complexity index is 1070. The number of likely N-dealkylation sites (N-methyl/N-ethyl adjacent to an activating group) is 1. The second-order valence-electron chi connectivity index (χ2n) is 9.45.